The average molecular weight is 473 g/mol. The zero-order valence-corrected chi connectivity index (χ0v) is 20.3. The van der Waals surface area contributed by atoms with Gasteiger partial charge in [0.05, 0.1) is 63.1 Å². The van der Waals surface area contributed by atoms with E-state index < -0.39 is 0 Å². The van der Waals surface area contributed by atoms with Crippen LogP contribution in [0.5, 0.6) is 0 Å². The molecule has 4 fully saturated rings. The van der Waals surface area contributed by atoms with Crippen LogP contribution in [0.25, 0.3) is 0 Å². The van der Waals surface area contributed by atoms with Crippen LogP contribution in [0.1, 0.15) is 12.8 Å². The molecule has 0 aromatic carbocycles. The van der Waals surface area contributed by atoms with Gasteiger partial charge in [-0.2, -0.15) is 10.2 Å². The minimum Gasteiger partial charge on any atom is -0.379 e. The SMILES string of the molecule is C[O+]=C1C=CC(=NN=C2C(N3CCOCC3)CC(N3CCOCC3)CC2N2CCOCC2)C=C1. The quantitative estimate of drug-likeness (QED) is 0.338. The summed E-state index contributed by atoms with van der Waals surface area (Å²) in [6.07, 6.45) is 9.97. The van der Waals surface area contributed by atoms with Crippen LogP contribution >= 0.6 is 0 Å². The monoisotopic (exact) mass is 472 g/mol. The molecule has 34 heavy (non-hydrogen) atoms. The van der Waals surface area contributed by atoms with Crippen LogP contribution < -0.4 is 0 Å². The number of morpholine rings is 3. The highest BCUT2D eigenvalue weighted by atomic mass is 16.5. The van der Waals surface area contributed by atoms with Crippen molar-refractivity contribution >= 4 is 17.2 Å². The molecule has 3 heterocycles. The number of hydrogen-bond donors (Lipinski definition) is 0. The lowest BCUT2D eigenvalue weighted by molar-refractivity contribution is -0.417. The lowest BCUT2D eigenvalue weighted by Crippen LogP contribution is -2.63. The topological polar surface area (TPSA) is 73.4 Å². The molecule has 0 N–H and O–H groups in total. The van der Waals surface area contributed by atoms with Gasteiger partial charge in [0.25, 0.3) is 7.11 Å². The molecule has 2 atom stereocenters. The average Bonchev–Trinajstić information content (AvgIpc) is 2.93. The Morgan fingerprint density at radius 3 is 1.62 bits per heavy atom. The smallest absolute Gasteiger partial charge is 0.343 e. The van der Waals surface area contributed by atoms with Crippen LogP contribution in [-0.4, -0.2) is 136 Å². The Kier molecular flexibility index (Phi) is 8.31. The highest BCUT2D eigenvalue weighted by molar-refractivity contribution is 6.16. The zero-order valence-electron chi connectivity index (χ0n) is 20.3. The Hall–Kier alpha value is -1.75. The van der Waals surface area contributed by atoms with E-state index in [1.54, 1.807) is 7.11 Å². The molecule has 0 amide bonds. The number of nitrogens with zero attached hydrogens (tertiary/aromatic N) is 5. The van der Waals surface area contributed by atoms with Gasteiger partial charge in [0.15, 0.2) is 0 Å². The molecule has 2 aliphatic carbocycles. The molecule has 1 saturated carbocycles. The predicted molar refractivity (Wildman–Crippen MR) is 132 cm³/mol. The maximum atomic E-state index is 5.69. The van der Waals surface area contributed by atoms with Crippen LogP contribution in [-0.2, 0) is 18.6 Å². The fraction of sp³-hybridized carbons (Fsp3) is 0.720. The van der Waals surface area contributed by atoms with E-state index in [1.807, 2.05) is 24.3 Å². The number of rotatable bonds is 4. The predicted octanol–water partition coefficient (Wildman–Crippen LogP) is 0.540. The van der Waals surface area contributed by atoms with E-state index in [4.69, 9.17) is 28.8 Å². The number of hydrogen-bond acceptors (Lipinski definition) is 8. The molecule has 9 heteroatoms. The Labute approximate surface area is 202 Å². The Bertz CT molecular complexity index is 788. The summed E-state index contributed by atoms with van der Waals surface area (Å²) in [5.74, 6) is 0.829. The van der Waals surface area contributed by atoms with Crippen molar-refractivity contribution in [1.82, 2.24) is 14.7 Å². The zero-order chi connectivity index (χ0) is 23.2. The van der Waals surface area contributed by atoms with E-state index in [0.717, 1.165) is 103 Å². The maximum absolute atomic E-state index is 5.69. The van der Waals surface area contributed by atoms with Crippen LogP contribution in [0.3, 0.4) is 0 Å². The standard InChI is InChI=1S/C25H38N5O4/c1-31-22-4-2-20(3-5-22)26-27-25-23(29-8-14-33-15-9-29)18-21(28-6-12-32-13-7-28)19-24(25)30-10-16-34-17-11-30/h2-5,21,23-24H,6-19H2,1H3/q+1. The normalized spacial score (nSPS) is 32.1. The van der Waals surface area contributed by atoms with Gasteiger partial charge in [-0.25, -0.2) is 0 Å². The third-order valence-electron chi connectivity index (χ3n) is 7.56. The second kappa shape index (κ2) is 11.8. The second-order valence-electron chi connectivity index (χ2n) is 9.42. The van der Waals surface area contributed by atoms with E-state index in [9.17, 15) is 0 Å². The lowest BCUT2D eigenvalue weighted by Gasteiger charge is -2.49. The van der Waals surface area contributed by atoms with Crippen molar-refractivity contribution in [3.63, 3.8) is 0 Å². The van der Waals surface area contributed by atoms with E-state index >= 15 is 0 Å². The third kappa shape index (κ3) is 5.72. The minimum atomic E-state index is 0.264. The van der Waals surface area contributed by atoms with Crippen LogP contribution in [0, 0.1) is 0 Å². The summed E-state index contributed by atoms with van der Waals surface area (Å²) in [5, 5.41) is 9.71. The van der Waals surface area contributed by atoms with E-state index in [-0.39, 0.29) is 12.1 Å². The summed E-state index contributed by atoms with van der Waals surface area (Å²) in [5.41, 5.74) is 2.05. The van der Waals surface area contributed by atoms with Crippen molar-refractivity contribution in [2.75, 3.05) is 86.0 Å². The molecule has 0 aromatic heterocycles. The van der Waals surface area contributed by atoms with Gasteiger partial charge in [0.1, 0.15) is 0 Å². The first-order valence-corrected chi connectivity index (χ1v) is 12.7. The summed E-state index contributed by atoms with van der Waals surface area (Å²) >= 11 is 0. The van der Waals surface area contributed by atoms with Gasteiger partial charge in [0, 0.05) is 57.5 Å². The van der Waals surface area contributed by atoms with E-state index in [0.29, 0.717) is 6.04 Å². The van der Waals surface area contributed by atoms with Crippen molar-refractivity contribution in [3.05, 3.63) is 24.3 Å². The van der Waals surface area contributed by atoms with E-state index in [2.05, 4.69) is 14.7 Å². The van der Waals surface area contributed by atoms with Crippen LogP contribution in [0.2, 0.25) is 0 Å². The van der Waals surface area contributed by atoms with Crippen molar-refractivity contribution in [2.45, 2.75) is 31.0 Å². The number of carbonyl (C=O) groups excluding carboxylic acids is 1. The molecule has 0 bridgehead atoms. The molecule has 5 rings (SSSR count). The molecule has 0 spiro atoms. The molecule has 5 aliphatic rings. The summed E-state index contributed by atoms with van der Waals surface area (Å²) in [6, 6.07) is 1.05. The summed E-state index contributed by atoms with van der Waals surface area (Å²) < 4.78 is 22.3. The number of ketones is 1. The van der Waals surface area contributed by atoms with Gasteiger partial charge in [-0.3, -0.25) is 19.1 Å². The molecule has 186 valence electrons. The Morgan fingerprint density at radius 1 is 0.676 bits per heavy atom. The molecule has 2 unspecified atom stereocenters. The summed E-state index contributed by atoms with van der Waals surface area (Å²) in [7, 11) is 1.68. The molecule has 0 radical (unpaired) electrons. The van der Waals surface area contributed by atoms with Gasteiger partial charge in [-0.1, -0.05) is 0 Å². The van der Waals surface area contributed by atoms with Crippen molar-refractivity contribution in [2.24, 2.45) is 10.2 Å². The van der Waals surface area contributed by atoms with Crippen molar-refractivity contribution in [1.29, 1.82) is 0 Å². The highest BCUT2D eigenvalue weighted by Crippen LogP contribution is 2.30. The largest absolute Gasteiger partial charge is 0.379 e. The summed E-state index contributed by atoms with van der Waals surface area (Å²) in [6.45, 7) is 10.6. The number of allylic oxidation sites excluding steroid dienone is 4. The van der Waals surface area contributed by atoms with Crippen LogP contribution in [0.4, 0.5) is 0 Å². The van der Waals surface area contributed by atoms with Gasteiger partial charge in [0.2, 0.25) is 0 Å². The highest BCUT2D eigenvalue weighted by Gasteiger charge is 2.43. The van der Waals surface area contributed by atoms with Crippen LogP contribution in [0.15, 0.2) is 34.5 Å². The molecule has 3 saturated heterocycles. The first-order valence-electron chi connectivity index (χ1n) is 12.7. The fourth-order valence-electron chi connectivity index (χ4n) is 5.66. The van der Waals surface area contributed by atoms with Gasteiger partial charge in [-0.15, -0.1) is 0 Å². The number of ether oxygens (including phenoxy) is 3. The van der Waals surface area contributed by atoms with Gasteiger partial charge in [-0.05, 0) is 25.0 Å². The minimum absolute atomic E-state index is 0.264. The first kappa shape index (κ1) is 24.0. The molecular weight excluding hydrogens is 434 g/mol. The van der Waals surface area contributed by atoms with Gasteiger partial charge >= 0.3 is 5.78 Å². The third-order valence-corrected chi connectivity index (χ3v) is 7.56. The molecule has 3 aliphatic heterocycles. The first-order chi connectivity index (χ1) is 16.8. The molecular formula is C25H38N5O4+. The molecule has 0 aromatic rings. The Balaban J connectivity index is 1.46. The van der Waals surface area contributed by atoms with Gasteiger partial charge < -0.3 is 14.2 Å². The fourth-order valence-corrected chi connectivity index (χ4v) is 5.66. The molecule has 9 nitrogen and oxygen atoms in total. The Morgan fingerprint density at radius 2 is 1.15 bits per heavy atom. The van der Waals surface area contributed by atoms with E-state index in [1.165, 1.54) is 5.71 Å². The van der Waals surface area contributed by atoms with Crippen molar-refractivity contribution < 1.29 is 18.6 Å². The maximum Gasteiger partial charge on any atom is 0.343 e. The second-order valence-corrected chi connectivity index (χ2v) is 9.42. The lowest BCUT2D eigenvalue weighted by atomic mass is 9.82. The summed E-state index contributed by atoms with van der Waals surface area (Å²) in [4.78, 5) is 7.79. The van der Waals surface area contributed by atoms with Crippen molar-refractivity contribution in [3.8, 4) is 0 Å².